The maximum atomic E-state index is 11.9. The van der Waals surface area contributed by atoms with E-state index in [1.807, 2.05) is 44.2 Å². The first-order valence-electron chi connectivity index (χ1n) is 5.84. The van der Waals surface area contributed by atoms with Crippen LogP contribution in [0.3, 0.4) is 0 Å². The Labute approximate surface area is 107 Å². The number of hydrogen-bond donors (Lipinski definition) is 2. The fourth-order valence-corrected chi connectivity index (χ4v) is 1.40. The van der Waals surface area contributed by atoms with Gasteiger partial charge in [-0.05, 0) is 25.5 Å². The number of benzene rings is 1. The molecule has 1 rings (SSSR count). The number of carbonyl (C=O) groups excluding carboxylic acids is 2. The first kappa shape index (κ1) is 14.0. The third-order valence-corrected chi connectivity index (χ3v) is 2.09. The summed E-state index contributed by atoms with van der Waals surface area (Å²) in [6, 6.07) is 9.39. The zero-order valence-electron chi connectivity index (χ0n) is 10.9. The molecule has 0 radical (unpaired) electrons. The lowest BCUT2D eigenvalue weighted by Crippen LogP contribution is -2.37. The van der Waals surface area contributed by atoms with Crippen molar-refractivity contribution < 1.29 is 9.59 Å². The number of amides is 2. The quantitative estimate of drug-likeness (QED) is 0.794. The van der Waals surface area contributed by atoms with Gasteiger partial charge in [0, 0.05) is 13.0 Å². The van der Waals surface area contributed by atoms with Crippen molar-refractivity contribution in [1.29, 1.82) is 0 Å². The molecule has 96 valence electrons. The van der Waals surface area contributed by atoms with Gasteiger partial charge in [-0.1, -0.05) is 30.3 Å². The van der Waals surface area contributed by atoms with E-state index in [9.17, 15) is 9.59 Å². The molecule has 0 spiro atoms. The summed E-state index contributed by atoms with van der Waals surface area (Å²) in [5.41, 5.74) is 1.11. The Hall–Kier alpha value is -2.10. The second-order valence-electron chi connectivity index (χ2n) is 4.28. The normalized spacial score (nSPS) is 11.2. The summed E-state index contributed by atoms with van der Waals surface area (Å²) < 4.78 is 0. The summed E-state index contributed by atoms with van der Waals surface area (Å²) in [5, 5.41) is 5.29. The highest BCUT2D eigenvalue weighted by Crippen LogP contribution is 2.05. The Kier molecular flexibility index (Phi) is 5.11. The molecule has 18 heavy (non-hydrogen) atoms. The minimum atomic E-state index is -0.288. The van der Waals surface area contributed by atoms with Crippen LogP contribution >= 0.6 is 0 Å². The maximum absolute atomic E-state index is 11.9. The van der Waals surface area contributed by atoms with E-state index in [-0.39, 0.29) is 23.6 Å². The number of carbonyl (C=O) groups is 2. The smallest absolute Gasteiger partial charge is 0.268 e. The molecule has 0 aromatic heterocycles. The second-order valence-corrected chi connectivity index (χ2v) is 4.28. The zero-order valence-corrected chi connectivity index (χ0v) is 10.9. The van der Waals surface area contributed by atoms with Crippen molar-refractivity contribution in [2.75, 3.05) is 0 Å². The van der Waals surface area contributed by atoms with Crippen LogP contribution in [0.1, 0.15) is 26.3 Å². The Morgan fingerprint density at radius 2 is 1.78 bits per heavy atom. The Balaban J connectivity index is 2.94. The third-order valence-electron chi connectivity index (χ3n) is 2.09. The average molecular weight is 246 g/mol. The third kappa shape index (κ3) is 4.82. The summed E-state index contributed by atoms with van der Waals surface area (Å²) in [6.45, 7) is 5.11. The molecule has 0 fully saturated rings. The van der Waals surface area contributed by atoms with Gasteiger partial charge < -0.3 is 10.6 Å². The molecule has 0 saturated carbocycles. The first-order chi connectivity index (χ1) is 8.49. The molecule has 2 amide bonds. The molecule has 0 atom stereocenters. The molecule has 0 saturated heterocycles. The van der Waals surface area contributed by atoms with Crippen molar-refractivity contribution in [3.8, 4) is 0 Å². The average Bonchev–Trinajstić information content (AvgIpc) is 2.28. The predicted molar refractivity (Wildman–Crippen MR) is 71.5 cm³/mol. The summed E-state index contributed by atoms with van der Waals surface area (Å²) in [4.78, 5) is 23.0. The second kappa shape index (κ2) is 6.59. The Morgan fingerprint density at radius 3 is 2.28 bits per heavy atom. The molecular weight excluding hydrogens is 228 g/mol. The van der Waals surface area contributed by atoms with Crippen LogP contribution in [0.5, 0.6) is 0 Å². The van der Waals surface area contributed by atoms with Gasteiger partial charge >= 0.3 is 0 Å². The molecule has 0 unspecified atom stereocenters. The number of hydrogen-bond acceptors (Lipinski definition) is 2. The van der Waals surface area contributed by atoms with Crippen LogP contribution in [0.2, 0.25) is 0 Å². The Morgan fingerprint density at radius 1 is 1.17 bits per heavy atom. The molecule has 1 aromatic carbocycles. The standard InChI is InChI=1S/C14H18N2O2/c1-10(2)15-14(18)13(16-11(3)17)9-12-7-5-4-6-8-12/h4-10H,1-3H3,(H,15,18)(H,16,17)/b13-9+. The molecule has 2 N–H and O–H groups in total. The number of nitrogens with one attached hydrogen (secondary N) is 2. The van der Waals surface area contributed by atoms with E-state index in [4.69, 9.17) is 0 Å². The largest absolute Gasteiger partial charge is 0.349 e. The van der Waals surface area contributed by atoms with Crippen molar-refractivity contribution in [2.24, 2.45) is 0 Å². The van der Waals surface area contributed by atoms with Crippen LogP contribution in [0.4, 0.5) is 0 Å². The van der Waals surface area contributed by atoms with Gasteiger partial charge in [0.15, 0.2) is 0 Å². The highest BCUT2D eigenvalue weighted by molar-refractivity contribution is 6.00. The van der Waals surface area contributed by atoms with Crippen LogP contribution in [0, 0.1) is 0 Å². The van der Waals surface area contributed by atoms with Crippen molar-refractivity contribution in [2.45, 2.75) is 26.8 Å². The van der Waals surface area contributed by atoms with E-state index >= 15 is 0 Å². The van der Waals surface area contributed by atoms with Gasteiger partial charge in [0.25, 0.3) is 5.91 Å². The van der Waals surface area contributed by atoms with Crippen LogP contribution < -0.4 is 10.6 Å². The Bertz CT molecular complexity index is 450. The SMILES string of the molecule is CC(=O)N/C(=C/c1ccccc1)C(=O)NC(C)C. The molecule has 0 heterocycles. The fraction of sp³-hybridized carbons (Fsp3) is 0.286. The molecule has 4 heteroatoms. The highest BCUT2D eigenvalue weighted by atomic mass is 16.2. The lowest BCUT2D eigenvalue weighted by atomic mass is 10.2. The lowest BCUT2D eigenvalue weighted by molar-refractivity contribution is -0.122. The van der Waals surface area contributed by atoms with E-state index < -0.39 is 0 Å². The van der Waals surface area contributed by atoms with Crippen molar-refractivity contribution in [3.05, 3.63) is 41.6 Å². The first-order valence-corrected chi connectivity index (χ1v) is 5.84. The molecule has 0 bridgehead atoms. The predicted octanol–water partition coefficient (Wildman–Crippen LogP) is 1.69. The summed E-state index contributed by atoms with van der Waals surface area (Å²) in [5.74, 6) is -0.555. The molecular formula is C14H18N2O2. The van der Waals surface area contributed by atoms with E-state index in [1.165, 1.54) is 6.92 Å². The van der Waals surface area contributed by atoms with Gasteiger partial charge in [0.1, 0.15) is 5.70 Å². The van der Waals surface area contributed by atoms with E-state index in [0.29, 0.717) is 0 Å². The fourth-order valence-electron chi connectivity index (χ4n) is 1.40. The zero-order chi connectivity index (χ0) is 13.5. The van der Waals surface area contributed by atoms with E-state index in [1.54, 1.807) is 6.08 Å². The maximum Gasteiger partial charge on any atom is 0.268 e. The molecule has 1 aromatic rings. The summed E-state index contributed by atoms with van der Waals surface area (Å²) >= 11 is 0. The minimum absolute atomic E-state index is 0.0189. The van der Waals surface area contributed by atoms with E-state index in [0.717, 1.165) is 5.56 Å². The topological polar surface area (TPSA) is 58.2 Å². The molecule has 0 aliphatic heterocycles. The van der Waals surface area contributed by atoms with Crippen molar-refractivity contribution in [3.63, 3.8) is 0 Å². The van der Waals surface area contributed by atoms with Crippen molar-refractivity contribution >= 4 is 17.9 Å². The van der Waals surface area contributed by atoms with Gasteiger partial charge in [0.05, 0.1) is 0 Å². The molecule has 4 nitrogen and oxygen atoms in total. The van der Waals surface area contributed by atoms with Gasteiger partial charge in [-0.2, -0.15) is 0 Å². The summed E-state index contributed by atoms with van der Waals surface area (Å²) in [6.07, 6.45) is 1.65. The minimum Gasteiger partial charge on any atom is -0.349 e. The van der Waals surface area contributed by atoms with Gasteiger partial charge in [-0.25, -0.2) is 0 Å². The van der Waals surface area contributed by atoms with Crippen LogP contribution in [0.25, 0.3) is 6.08 Å². The van der Waals surface area contributed by atoms with Crippen LogP contribution in [0.15, 0.2) is 36.0 Å². The molecule has 0 aliphatic rings. The van der Waals surface area contributed by atoms with Gasteiger partial charge in [0.2, 0.25) is 5.91 Å². The number of rotatable bonds is 4. The molecule has 0 aliphatic carbocycles. The van der Waals surface area contributed by atoms with Crippen molar-refractivity contribution in [1.82, 2.24) is 10.6 Å². The highest BCUT2D eigenvalue weighted by Gasteiger charge is 2.11. The van der Waals surface area contributed by atoms with Gasteiger partial charge in [-0.15, -0.1) is 0 Å². The van der Waals surface area contributed by atoms with Gasteiger partial charge in [-0.3, -0.25) is 9.59 Å². The van der Waals surface area contributed by atoms with Crippen LogP contribution in [-0.2, 0) is 9.59 Å². The lowest BCUT2D eigenvalue weighted by Gasteiger charge is -2.11. The van der Waals surface area contributed by atoms with E-state index in [2.05, 4.69) is 10.6 Å². The summed E-state index contributed by atoms with van der Waals surface area (Å²) in [7, 11) is 0. The monoisotopic (exact) mass is 246 g/mol. The van der Waals surface area contributed by atoms with Crippen LogP contribution in [-0.4, -0.2) is 17.9 Å².